The first kappa shape index (κ1) is 11.2. The van der Waals surface area contributed by atoms with Crippen LogP contribution >= 0.6 is 11.6 Å². The van der Waals surface area contributed by atoms with Crippen molar-refractivity contribution in [1.29, 1.82) is 0 Å². The fourth-order valence-corrected chi connectivity index (χ4v) is 1.34. The van der Waals surface area contributed by atoms with Gasteiger partial charge in [0, 0.05) is 12.1 Å². The Hall–Kier alpha value is -0.840. The van der Waals surface area contributed by atoms with Gasteiger partial charge in [0.05, 0.1) is 14.2 Å². The Labute approximate surface area is 86.7 Å². The second kappa shape index (κ2) is 5.14. The van der Waals surface area contributed by atoms with Crippen LogP contribution in [-0.4, -0.2) is 14.2 Å². The summed E-state index contributed by atoms with van der Waals surface area (Å²) in [6, 6.07) is 2.88. The van der Waals surface area contributed by atoms with Crippen molar-refractivity contribution >= 4 is 11.6 Å². The second-order valence-electron chi connectivity index (χ2n) is 2.58. The molecule has 0 aliphatic rings. The van der Waals surface area contributed by atoms with E-state index in [9.17, 15) is 4.39 Å². The molecule has 0 fully saturated rings. The third kappa shape index (κ3) is 2.35. The fourth-order valence-electron chi connectivity index (χ4n) is 1.08. The zero-order valence-electron chi connectivity index (χ0n) is 7.93. The van der Waals surface area contributed by atoms with Crippen LogP contribution in [0.1, 0.15) is 5.56 Å². The van der Waals surface area contributed by atoms with Gasteiger partial charge in [0.15, 0.2) is 0 Å². The van der Waals surface area contributed by atoms with Crippen molar-refractivity contribution in [1.82, 2.24) is 5.48 Å². The summed E-state index contributed by atoms with van der Waals surface area (Å²) in [5.41, 5.74) is 3.36. The monoisotopic (exact) mass is 219 g/mol. The van der Waals surface area contributed by atoms with E-state index in [0.29, 0.717) is 12.3 Å². The van der Waals surface area contributed by atoms with Gasteiger partial charge >= 0.3 is 0 Å². The maximum Gasteiger partial charge on any atom is 0.145 e. The van der Waals surface area contributed by atoms with Crippen LogP contribution in [0, 0.1) is 5.82 Å². The molecule has 1 N–H and O–H groups in total. The van der Waals surface area contributed by atoms with Crippen LogP contribution in [0.5, 0.6) is 5.75 Å². The summed E-state index contributed by atoms with van der Waals surface area (Å²) in [4.78, 5) is 4.67. The Morgan fingerprint density at radius 2 is 2.14 bits per heavy atom. The van der Waals surface area contributed by atoms with Crippen LogP contribution in [0.3, 0.4) is 0 Å². The van der Waals surface area contributed by atoms with Crippen molar-refractivity contribution in [2.24, 2.45) is 0 Å². The molecule has 78 valence electrons. The topological polar surface area (TPSA) is 30.5 Å². The molecule has 5 heteroatoms. The molecule has 0 bridgehead atoms. The maximum atomic E-state index is 13.0. The molecule has 1 rings (SSSR count). The Morgan fingerprint density at radius 3 is 2.71 bits per heavy atom. The van der Waals surface area contributed by atoms with E-state index in [2.05, 4.69) is 10.3 Å². The molecule has 3 nitrogen and oxygen atoms in total. The van der Waals surface area contributed by atoms with E-state index in [0.717, 1.165) is 5.56 Å². The highest BCUT2D eigenvalue weighted by molar-refractivity contribution is 6.32. The average molecular weight is 220 g/mol. The summed E-state index contributed by atoms with van der Waals surface area (Å²) in [7, 11) is 2.94. The van der Waals surface area contributed by atoms with Crippen molar-refractivity contribution in [3.8, 4) is 5.75 Å². The minimum atomic E-state index is -0.496. The minimum absolute atomic E-state index is 0.0112. The lowest BCUT2D eigenvalue weighted by Crippen LogP contribution is -2.11. The Balaban J connectivity index is 2.98. The summed E-state index contributed by atoms with van der Waals surface area (Å²) in [6.45, 7) is 0.402. The number of ether oxygens (including phenoxy) is 1. The first-order valence-corrected chi connectivity index (χ1v) is 4.35. The van der Waals surface area contributed by atoms with Crippen LogP contribution in [0.4, 0.5) is 4.39 Å². The number of halogens is 2. The van der Waals surface area contributed by atoms with E-state index in [4.69, 9.17) is 16.3 Å². The Morgan fingerprint density at radius 1 is 1.43 bits per heavy atom. The van der Waals surface area contributed by atoms with Crippen LogP contribution in [-0.2, 0) is 11.4 Å². The zero-order chi connectivity index (χ0) is 10.6. The molecule has 1 aromatic carbocycles. The van der Waals surface area contributed by atoms with E-state index < -0.39 is 5.82 Å². The highest BCUT2D eigenvalue weighted by Crippen LogP contribution is 2.30. The lowest BCUT2D eigenvalue weighted by atomic mass is 10.2. The largest absolute Gasteiger partial charge is 0.495 e. The third-order valence-corrected chi connectivity index (χ3v) is 2.09. The molecular weight excluding hydrogens is 209 g/mol. The van der Waals surface area contributed by atoms with Gasteiger partial charge < -0.3 is 9.57 Å². The highest BCUT2D eigenvalue weighted by Gasteiger charge is 2.11. The molecule has 0 heterocycles. The molecule has 0 atom stereocenters. The molecule has 0 radical (unpaired) electrons. The molecule has 0 amide bonds. The van der Waals surface area contributed by atoms with Crippen LogP contribution < -0.4 is 10.2 Å². The van der Waals surface area contributed by atoms with Gasteiger partial charge in [0.1, 0.15) is 16.6 Å². The van der Waals surface area contributed by atoms with Gasteiger partial charge in [-0.1, -0.05) is 17.7 Å². The first-order chi connectivity index (χ1) is 6.70. The van der Waals surface area contributed by atoms with Crippen molar-refractivity contribution in [2.75, 3.05) is 14.2 Å². The number of rotatable bonds is 4. The van der Waals surface area contributed by atoms with E-state index in [1.54, 1.807) is 6.07 Å². The molecule has 14 heavy (non-hydrogen) atoms. The second-order valence-corrected chi connectivity index (χ2v) is 2.96. The van der Waals surface area contributed by atoms with Gasteiger partial charge in [-0.15, -0.1) is 0 Å². The molecule has 0 aliphatic heterocycles. The standard InChI is InChI=1S/C9H11ClFNO2/c1-13-9-6(5-12-14-2)3-4-7(11)8(9)10/h3-4,12H,5H2,1-2H3. The summed E-state index contributed by atoms with van der Waals surface area (Å²) in [5.74, 6) is -0.166. The van der Waals surface area contributed by atoms with Crippen molar-refractivity contribution in [3.63, 3.8) is 0 Å². The van der Waals surface area contributed by atoms with Crippen LogP contribution in [0.2, 0.25) is 5.02 Å². The van der Waals surface area contributed by atoms with Crippen LogP contribution in [0.25, 0.3) is 0 Å². The van der Waals surface area contributed by atoms with Gasteiger partial charge in [0.25, 0.3) is 0 Å². The molecule has 0 saturated heterocycles. The summed E-state index contributed by atoms with van der Waals surface area (Å²) in [5, 5.41) is -0.0112. The van der Waals surface area contributed by atoms with Crippen LogP contribution in [0.15, 0.2) is 12.1 Å². The Kier molecular flexibility index (Phi) is 4.13. The van der Waals surface area contributed by atoms with E-state index in [-0.39, 0.29) is 5.02 Å². The number of benzene rings is 1. The van der Waals surface area contributed by atoms with E-state index in [1.807, 2.05) is 0 Å². The molecule has 0 unspecified atom stereocenters. The van der Waals surface area contributed by atoms with Gasteiger partial charge in [0.2, 0.25) is 0 Å². The van der Waals surface area contributed by atoms with Gasteiger partial charge in [-0.05, 0) is 6.07 Å². The highest BCUT2D eigenvalue weighted by atomic mass is 35.5. The molecule has 0 spiro atoms. The third-order valence-electron chi connectivity index (χ3n) is 1.74. The predicted octanol–water partition coefficient (Wildman–Crippen LogP) is 2.14. The minimum Gasteiger partial charge on any atom is -0.495 e. The maximum absolute atomic E-state index is 13.0. The quantitative estimate of drug-likeness (QED) is 0.787. The summed E-state index contributed by atoms with van der Waals surface area (Å²) < 4.78 is 18.0. The predicted molar refractivity (Wildman–Crippen MR) is 51.8 cm³/mol. The normalized spacial score (nSPS) is 10.3. The molecular formula is C9H11ClFNO2. The van der Waals surface area contributed by atoms with Gasteiger partial charge in [-0.2, -0.15) is 5.48 Å². The summed E-state index contributed by atoms with van der Waals surface area (Å²) >= 11 is 5.71. The molecule has 0 saturated carbocycles. The molecule has 1 aromatic rings. The number of hydroxylamine groups is 1. The SMILES string of the molecule is CONCc1ccc(F)c(Cl)c1OC. The van der Waals surface area contributed by atoms with Crippen molar-refractivity contribution in [2.45, 2.75) is 6.54 Å². The van der Waals surface area contributed by atoms with Crippen molar-refractivity contribution < 1.29 is 14.0 Å². The number of hydrogen-bond acceptors (Lipinski definition) is 3. The van der Waals surface area contributed by atoms with E-state index >= 15 is 0 Å². The van der Waals surface area contributed by atoms with Gasteiger partial charge in [-0.3, -0.25) is 0 Å². The Bertz CT molecular complexity index is 320. The number of methoxy groups -OCH3 is 1. The lowest BCUT2D eigenvalue weighted by molar-refractivity contribution is 0.0861. The average Bonchev–Trinajstić information content (AvgIpc) is 2.20. The van der Waals surface area contributed by atoms with E-state index in [1.165, 1.54) is 20.3 Å². The fraction of sp³-hybridized carbons (Fsp3) is 0.333. The molecule has 0 aromatic heterocycles. The lowest BCUT2D eigenvalue weighted by Gasteiger charge is -2.10. The smallest absolute Gasteiger partial charge is 0.145 e. The zero-order valence-corrected chi connectivity index (χ0v) is 8.69. The first-order valence-electron chi connectivity index (χ1n) is 3.97. The summed E-state index contributed by atoms with van der Waals surface area (Å²) in [6.07, 6.45) is 0. The van der Waals surface area contributed by atoms with Crippen molar-refractivity contribution in [3.05, 3.63) is 28.5 Å². The number of nitrogens with one attached hydrogen (secondary N) is 1. The van der Waals surface area contributed by atoms with Gasteiger partial charge in [-0.25, -0.2) is 4.39 Å². The number of hydrogen-bond donors (Lipinski definition) is 1. The molecule has 0 aliphatic carbocycles.